The van der Waals surface area contributed by atoms with Gasteiger partial charge in [-0.25, -0.2) is 9.18 Å². The minimum absolute atomic E-state index is 0.0229. The zero-order valence-electron chi connectivity index (χ0n) is 9.09. The van der Waals surface area contributed by atoms with E-state index < -0.39 is 18.9 Å². The Labute approximate surface area is 91.9 Å². The molecular formula is C9H14FN3O3. The third-order valence-electron chi connectivity index (χ3n) is 2.30. The van der Waals surface area contributed by atoms with Crippen molar-refractivity contribution in [2.45, 2.75) is 6.23 Å². The molecule has 1 rings (SSSR count). The molecule has 6 nitrogen and oxygen atoms in total. The lowest BCUT2D eigenvalue weighted by molar-refractivity contribution is 0.0158. The molecule has 90 valence electrons. The number of carboxylic acid groups (broad SMARTS) is 1. The molecule has 0 fully saturated rings. The summed E-state index contributed by atoms with van der Waals surface area (Å²) < 4.78 is 13.3. The van der Waals surface area contributed by atoms with Crippen LogP contribution in [0, 0.1) is 0 Å². The molecule has 0 radical (unpaired) electrons. The molecule has 0 aromatic carbocycles. The van der Waals surface area contributed by atoms with Gasteiger partial charge in [0.05, 0.1) is 6.20 Å². The molecule has 1 atom stereocenters. The number of alkyl halides is 1. The first-order chi connectivity index (χ1) is 7.49. The van der Waals surface area contributed by atoms with Crippen molar-refractivity contribution in [2.75, 3.05) is 20.3 Å². The molecule has 0 saturated carbocycles. The van der Waals surface area contributed by atoms with Gasteiger partial charge < -0.3 is 10.2 Å². The minimum atomic E-state index is -1.18. The van der Waals surface area contributed by atoms with Crippen LogP contribution in [0.4, 0.5) is 4.39 Å². The van der Waals surface area contributed by atoms with Gasteiger partial charge in [0, 0.05) is 19.2 Å². The molecule has 0 bridgehead atoms. The first kappa shape index (κ1) is 12.6. The zero-order chi connectivity index (χ0) is 12.3. The SMILES string of the molecule is CN(CCF)C(O)c1cnn(C)c1C(=O)O. The van der Waals surface area contributed by atoms with E-state index in [0.717, 1.165) is 4.68 Å². The number of aromatic nitrogens is 2. The number of aliphatic hydroxyl groups is 1. The van der Waals surface area contributed by atoms with Gasteiger partial charge in [-0.15, -0.1) is 0 Å². The number of aliphatic hydroxyl groups excluding tert-OH is 1. The maximum atomic E-state index is 12.1. The lowest BCUT2D eigenvalue weighted by atomic mass is 10.2. The van der Waals surface area contributed by atoms with E-state index in [-0.39, 0.29) is 17.8 Å². The van der Waals surface area contributed by atoms with Crippen LogP contribution in [0.25, 0.3) is 0 Å². The number of halogens is 1. The van der Waals surface area contributed by atoms with Gasteiger partial charge in [0.15, 0.2) is 5.69 Å². The third-order valence-corrected chi connectivity index (χ3v) is 2.30. The number of hydrogen-bond acceptors (Lipinski definition) is 4. The fourth-order valence-electron chi connectivity index (χ4n) is 1.40. The average Bonchev–Trinajstić information content (AvgIpc) is 2.59. The van der Waals surface area contributed by atoms with Crippen molar-refractivity contribution in [2.24, 2.45) is 7.05 Å². The minimum Gasteiger partial charge on any atom is -0.477 e. The van der Waals surface area contributed by atoms with Crippen LogP contribution in [-0.2, 0) is 7.05 Å². The van der Waals surface area contributed by atoms with Gasteiger partial charge in [-0.2, -0.15) is 5.10 Å². The second kappa shape index (κ2) is 5.04. The average molecular weight is 231 g/mol. The second-order valence-corrected chi connectivity index (χ2v) is 3.42. The predicted molar refractivity (Wildman–Crippen MR) is 53.7 cm³/mol. The first-order valence-corrected chi connectivity index (χ1v) is 4.68. The van der Waals surface area contributed by atoms with Gasteiger partial charge in [-0.1, -0.05) is 0 Å². The van der Waals surface area contributed by atoms with Crippen molar-refractivity contribution in [3.05, 3.63) is 17.5 Å². The molecule has 1 unspecified atom stereocenters. The number of hydrogen-bond donors (Lipinski definition) is 2. The molecular weight excluding hydrogens is 217 g/mol. The number of carbonyl (C=O) groups is 1. The molecule has 1 heterocycles. The van der Waals surface area contributed by atoms with Crippen molar-refractivity contribution in [1.29, 1.82) is 0 Å². The summed E-state index contributed by atoms with van der Waals surface area (Å²) in [5.74, 6) is -1.18. The topological polar surface area (TPSA) is 78.6 Å². The molecule has 0 spiro atoms. The smallest absolute Gasteiger partial charge is 0.354 e. The highest BCUT2D eigenvalue weighted by Gasteiger charge is 2.24. The van der Waals surface area contributed by atoms with Gasteiger partial charge in [0.2, 0.25) is 0 Å². The van der Waals surface area contributed by atoms with Crippen LogP contribution >= 0.6 is 0 Å². The van der Waals surface area contributed by atoms with E-state index in [0.29, 0.717) is 0 Å². The molecule has 0 aliphatic rings. The summed E-state index contributed by atoms with van der Waals surface area (Å²) in [7, 11) is 2.97. The maximum Gasteiger partial charge on any atom is 0.354 e. The van der Waals surface area contributed by atoms with Crippen LogP contribution in [0.15, 0.2) is 6.20 Å². The van der Waals surface area contributed by atoms with Crippen LogP contribution in [-0.4, -0.2) is 51.1 Å². The second-order valence-electron chi connectivity index (χ2n) is 3.42. The molecule has 7 heteroatoms. The molecule has 0 saturated heterocycles. The third kappa shape index (κ3) is 2.37. The standard InChI is InChI=1S/C9H14FN3O3/c1-12(4-3-10)8(14)6-5-11-13(2)7(6)9(15)16/h5,8,14H,3-4H2,1-2H3,(H,15,16). The van der Waals surface area contributed by atoms with Crippen LogP contribution < -0.4 is 0 Å². The lowest BCUT2D eigenvalue weighted by Gasteiger charge is -2.21. The number of nitrogens with zero attached hydrogens (tertiary/aromatic N) is 3. The lowest BCUT2D eigenvalue weighted by Crippen LogP contribution is -2.27. The Morgan fingerprint density at radius 2 is 2.38 bits per heavy atom. The molecule has 0 aliphatic heterocycles. The van der Waals surface area contributed by atoms with E-state index >= 15 is 0 Å². The van der Waals surface area contributed by atoms with Crippen LogP contribution in [0.1, 0.15) is 22.3 Å². The van der Waals surface area contributed by atoms with Crippen LogP contribution in [0.5, 0.6) is 0 Å². The molecule has 16 heavy (non-hydrogen) atoms. The molecule has 1 aromatic rings. The summed E-state index contributed by atoms with van der Waals surface area (Å²) in [5.41, 5.74) is 0.0594. The fraction of sp³-hybridized carbons (Fsp3) is 0.556. The fourth-order valence-corrected chi connectivity index (χ4v) is 1.40. The summed E-state index contributed by atoms with van der Waals surface area (Å²) in [6, 6.07) is 0. The van der Waals surface area contributed by atoms with Crippen molar-refractivity contribution >= 4 is 5.97 Å². The first-order valence-electron chi connectivity index (χ1n) is 4.68. The van der Waals surface area contributed by atoms with Crippen LogP contribution in [0.3, 0.4) is 0 Å². The summed E-state index contributed by atoms with van der Waals surface area (Å²) in [6.45, 7) is -0.592. The van der Waals surface area contributed by atoms with E-state index in [4.69, 9.17) is 5.11 Å². The molecule has 2 N–H and O–H groups in total. The Morgan fingerprint density at radius 1 is 1.75 bits per heavy atom. The Kier molecular flexibility index (Phi) is 3.97. The Bertz CT molecular complexity index is 380. The normalized spacial score (nSPS) is 13.1. The van der Waals surface area contributed by atoms with Gasteiger partial charge in [0.25, 0.3) is 0 Å². The van der Waals surface area contributed by atoms with Crippen molar-refractivity contribution in [1.82, 2.24) is 14.7 Å². The highest BCUT2D eigenvalue weighted by atomic mass is 19.1. The number of aryl methyl sites for hydroxylation is 1. The summed E-state index contributed by atoms with van der Waals surface area (Å²) in [5, 5.41) is 22.5. The zero-order valence-corrected chi connectivity index (χ0v) is 9.09. The summed E-state index contributed by atoms with van der Waals surface area (Å²) in [6.07, 6.45) is 0.0959. The molecule has 0 aliphatic carbocycles. The highest BCUT2D eigenvalue weighted by molar-refractivity contribution is 5.87. The van der Waals surface area contributed by atoms with E-state index in [9.17, 15) is 14.3 Å². The molecule has 1 aromatic heterocycles. The number of rotatable bonds is 5. The summed E-state index contributed by atoms with van der Waals surface area (Å²) >= 11 is 0. The number of carboxylic acids is 1. The number of aromatic carboxylic acids is 1. The quantitative estimate of drug-likeness (QED) is 0.698. The Hall–Kier alpha value is -1.47. The monoisotopic (exact) mass is 231 g/mol. The summed E-state index contributed by atoms with van der Waals surface area (Å²) in [4.78, 5) is 12.2. The molecule has 0 amide bonds. The Balaban J connectivity index is 2.99. The van der Waals surface area contributed by atoms with Crippen molar-refractivity contribution in [3.8, 4) is 0 Å². The van der Waals surface area contributed by atoms with Gasteiger partial charge >= 0.3 is 5.97 Å². The Morgan fingerprint density at radius 3 is 2.88 bits per heavy atom. The van der Waals surface area contributed by atoms with Crippen molar-refractivity contribution in [3.63, 3.8) is 0 Å². The highest BCUT2D eigenvalue weighted by Crippen LogP contribution is 2.19. The van der Waals surface area contributed by atoms with E-state index in [2.05, 4.69) is 5.10 Å². The van der Waals surface area contributed by atoms with Crippen molar-refractivity contribution < 1.29 is 19.4 Å². The maximum absolute atomic E-state index is 12.1. The van der Waals surface area contributed by atoms with E-state index in [1.807, 2.05) is 0 Å². The van der Waals surface area contributed by atoms with E-state index in [1.54, 1.807) is 0 Å². The van der Waals surface area contributed by atoms with Gasteiger partial charge in [0.1, 0.15) is 12.9 Å². The van der Waals surface area contributed by atoms with Gasteiger partial charge in [-0.3, -0.25) is 9.58 Å². The van der Waals surface area contributed by atoms with E-state index in [1.165, 1.54) is 25.2 Å². The van der Waals surface area contributed by atoms with Gasteiger partial charge in [-0.05, 0) is 7.05 Å². The largest absolute Gasteiger partial charge is 0.477 e. The predicted octanol–water partition coefficient (Wildman–Crippen LogP) is 0.0105. The van der Waals surface area contributed by atoms with Crippen LogP contribution in [0.2, 0.25) is 0 Å².